The van der Waals surface area contributed by atoms with E-state index in [-0.39, 0.29) is 0 Å². The largest absolute Gasteiger partial charge is 0.493 e. The molecule has 0 saturated heterocycles. The first kappa shape index (κ1) is 21.6. The number of para-hydroxylation sites is 1. The lowest BCUT2D eigenvalue weighted by molar-refractivity contribution is 0.171. The molecule has 0 aliphatic rings. The van der Waals surface area contributed by atoms with E-state index in [1.54, 1.807) is 14.2 Å². The van der Waals surface area contributed by atoms with E-state index in [0.29, 0.717) is 26.3 Å². The van der Waals surface area contributed by atoms with Crippen LogP contribution < -0.4 is 15.4 Å². The summed E-state index contributed by atoms with van der Waals surface area (Å²) in [5.41, 5.74) is 4.44. The number of aromatic nitrogens is 1. The lowest BCUT2D eigenvalue weighted by Crippen LogP contribution is -2.36. The Balaban J connectivity index is 1.60. The number of fused-ring (bicyclic) bond motifs is 1. The number of rotatable bonds is 9. The first-order chi connectivity index (χ1) is 14.7. The van der Waals surface area contributed by atoms with Crippen LogP contribution in [0.2, 0.25) is 0 Å². The van der Waals surface area contributed by atoms with E-state index in [4.69, 9.17) is 9.47 Å². The van der Waals surface area contributed by atoms with E-state index >= 15 is 0 Å². The van der Waals surface area contributed by atoms with Crippen LogP contribution in [0.4, 0.5) is 0 Å². The molecule has 0 amide bonds. The van der Waals surface area contributed by atoms with E-state index in [1.807, 2.05) is 30.5 Å². The van der Waals surface area contributed by atoms with Gasteiger partial charge in [0.25, 0.3) is 0 Å². The highest BCUT2D eigenvalue weighted by molar-refractivity contribution is 5.83. The van der Waals surface area contributed by atoms with Crippen molar-refractivity contribution in [1.82, 2.24) is 15.6 Å². The lowest BCUT2D eigenvalue weighted by atomic mass is 10.1. The van der Waals surface area contributed by atoms with E-state index in [9.17, 15) is 0 Å². The Labute approximate surface area is 178 Å². The molecule has 6 heteroatoms. The molecule has 0 aliphatic carbocycles. The maximum atomic E-state index is 5.98. The molecular formula is C24H30N4O2. The second-order valence-corrected chi connectivity index (χ2v) is 7.07. The van der Waals surface area contributed by atoms with Gasteiger partial charge in [-0.25, -0.2) is 0 Å². The molecule has 0 saturated carbocycles. The van der Waals surface area contributed by atoms with Gasteiger partial charge in [0.1, 0.15) is 5.75 Å². The number of guanidine groups is 1. The van der Waals surface area contributed by atoms with Crippen LogP contribution in [0.15, 0.2) is 59.7 Å². The predicted molar refractivity (Wildman–Crippen MR) is 122 cm³/mol. The fourth-order valence-corrected chi connectivity index (χ4v) is 3.22. The number of nitrogens with one attached hydrogen (secondary N) is 2. The summed E-state index contributed by atoms with van der Waals surface area (Å²) in [7, 11) is 3.48. The average Bonchev–Trinajstić information content (AvgIpc) is 2.78. The first-order valence-electron chi connectivity index (χ1n) is 10.2. The molecule has 2 aromatic carbocycles. The summed E-state index contributed by atoms with van der Waals surface area (Å²) in [6.07, 6.45) is 2.70. The van der Waals surface area contributed by atoms with Crippen molar-refractivity contribution in [3.63, 3.8) is 0 Å². The Kier molecular flexibility index (Phi) is 8.03. The van der Waals surface area contributed by atoms with Crippen LogP contribution in [-0.2, 0) is 17.8 Å². The van der Waals surface area contributed by atoms with Crippen LogP contribution in [-0.4, -0.2) is 38.3 Å². The summed E-state index contributed by atoms with van der Waals surface area (Å²) in [4.78, 5) is 8.78. The number of methoxy groups -OCH3 is 1. The number of nitrogens with zero attached hydrogens (tertiary/aromatic N) is 2. The third-order valence-corrected chi connectivity index (χ3v) is 4.83. The van der Waals surface area contributed by atoms with Crippen LogP contribution in [0, 0.1) is 6.92 Å². The van der Waals surface area contributed by atoms with E-state index in [2.05, 4.69) is 51.8 Å². The molecule has 0 spiro atoms. The molecule has 0 aliphatic heterocycles. The van der Waals surface area contributed by atoms with E-state index < -0.39 is 0 Å². The molecule has 0 atom stereocenters. The fourth-order valence-electron chi connectivity index (χ4n) is 3.22. The third-order valence-electron chi connectivity index (χ3n) is 4.83. The normalized spacial score (nSPS) is 11.5. The van der Waals surface area contributed by atoms with Crippen molar-refractivity contribution >= 4 is 16.9 Å². The van der Waals surface area contributed by atoms with Crippen LogP contribution in [0.1, 0.15) is 23.1 Å². The molecule has 2 N–H and O–H groups in total. The highest BCUT2D eigenvalue weighted by Gasteiger charge is 2.07. The summed E-state index contributed by atoms with van der Waals surface area (Å²) in [5.74, 6) is 1.64. The zero-order valence-electron chi connectivity index (χ0n) is 17.9. The molecular weight excluding hydrogens is 376 g/mol. The van der Waals surface area contributed by atoms with Crippen molar-refractivity contribution in [2.24, 2.45) is 4.99 Å². The lowest BCUT2D eigenvalue weighted by Gasteiger charge is -2.16. The second-order valence-electron chi connectivity index (χ2n) is 7.07. The van der Waals surface area contributed by atoms with Gasteiger partial charge in [-0.2, -0.15) is 0 Å². The molecule has 30 heavy (non-hydrogen) atoms. The van der Waals surface area contributed by atoms with Crippen molar-refractivity contribution in [1.29, 1.82) is 0 Å². The minimum absolute atomic E-state index is 0.622. The fraction of sp³-hybridized carbons (Fsp3) is 0.333. The number of hydrogen-bond acceptors (Lipinski definition) is 4. The van der Waals surface area contributed by atoms with Crippen LogP contribution in [0.3, 0.4) is 0 Å². The number of hydrogen-bond donors (Lipinski definition) is 2. The van der Waals surface area contributed by atoms with Crippen molar-refractivity contribution in [3.8, 4) is 5.75 Å². The Morgan fingerprint density at radius 2 is 1.80 bits per heavy atom. The van der Waals surface area contributed by atoms with Gasteiger partial charge in [-0.05, 0) is 36.2 Å². The summed E-state index contributed by atoms with van der Waals surface area (Å²) >= 11 is 0. The van der Waals surface area contributed by atoms with Crippen LogP contribution in [0.5, 0.6) is 5.75 Å². The Morgan fingerprint density at radius 3 is 2.60 bits per heavy atom. The van der Waals surface area contributed by atoms with E-state index in [1.165, 1.54) is 11.1 Å². The molecule has 0 radical (unpaired) electrons. The van der Waals surface area contributed by atoms with Gasteiger partial charge < -0.3 is 20.1 Å². The zero-order chi connectivity index (χ0) is 21.2. The molecule has 0 fully saturated rings. The first-order valence-corrected chi connectivity index (χ1v) is 10.2. The van der Waals surface area contributed by atoms with Gasteiger partial charge in [-0.3, -0.25) is 9.98 Å². The van der Waals surface area contributed by atoms with Gasteiger partial charge in [0, 0.05) is 57.4 Å². The van der Waals surface area contributed by atoms with Gasteiger partial charge in [0.15, 0.2) is 5.96 Å². The minimum Gasteiger partial charge on any atom is -0.493 e. The molecule has 6 nitrogen and oxygen atoms in total. The predicted octanol–water partition coefficient (Wildman–Crippen LogP) is 3.82. The topological polar surface area (TPSA) is 67.8 Å². The summed E-state index contributed by atoms with van der Waals surface area (Å²) in [6.45, 7) is 4.68. The highest BCUT2D eigenvalue weighted by Crippen LogP contribution is 2.20. The number of ether oxygens (including phenoxy) is 2. The standard InChI is InChI=1S/C24H30N4O2/c1-18-9-10-20(23(15-18)30-14-6-13-29-3)17-28-24(25-2)27-16-19-11-12-26-22-8-5-4-7-21(19)22/h4-5,7-12,15H,6,13-14,16-17H2,1-3H3,(H2,25,27,28). The molecule has 3 aromatic rings. The van der Waals surface area contributed by atoms with Crippen LogP contribution in [0.25, 0.3) is 10.9 Å². The Hall–Kier alpha value is -3.12. The molecule has 158 valence electrons. The van der Waals surface area contributed by atoms with Crippen LogP contribution >= 0.6 is 0 Å². The van der Waals surface area contributed by atoms with Gasteiger partial charge in [0.05, 0.1) is 12.1 Å². The molecule has 1 heterocycles. The smallest absolute Gasteiger partial charge is 0.191 e. The average molecular weight is 407 g/mol. The van der Waals surface area contributed by atoms with Crippen molar-refractivity contribution in [2.75, 3.05) is 27.4 Å². The summed E-state index contributed by atoms with van der Waals surface area (Å²) in [6, 6.07) is 16.5. The number of pyridine rings is 1. The number of aliphatic imine (C=N–C) groups is 1. The monoisotopic (exact) mass is 406 g/mol. The van der Waals surface area contributed by atoms with Crippen molar-refractivity contribution < 1.29 is 9.47 Å². The SMILES string of the molecule is CN=C(NCc1ccc(C)cc1OCCCOC)NCc1ccnc2ccccc12. The maximum absolute atomic E-state index is 5.98. The zero-order valence-corrected chi connectivity index (χ0v) is 17.9. The van der Waals surface area contributed by atoms with Crippen molar-refractivity contribution in [3.05, 3.63) is 71.4 Å². The second kappa shape index (κ2) is 11.2. The van der Waals surface area contributed by atoms with Crippen molar-refractivity contribution in [2.45, 2.75) is 26.4 Å². The highest BCUT2D eigenvalue weighted by atomic mass is 16.5. The number of benzene rings is 2. The van der Waals surface area contributed by atoms with Gasteiger partial charge in [0.2, 0.25) is 0 Å². The quantitative estimate of drug-likeness (QED) is 0.321. The molecule has 1 aromatic heterocycles. The Morgan fingerprint density at radius 1 is 1.00 bits per heavy atom. The number of aryl methyl sites for hydroxylation is 1. The molecule has 3 rings (SSSR count). The minimum atomic E-state index is 0.622. The third kappa shape index (κ3) is 5.94. The Bertz CT molecular complexity index is 983. The maximum Gasteiger partial charge on any atom is 0.191 e. The summed E-state index contributed by atoms with van der Waals surface area (Å²) < 4.78 is 11.1. The van der Waals surface area contributed by atoms with Gasteiger partial charge >= 0.3 is 0 Å². The molecule has 0 unspecified atom stereocenters. The van der Waals surface area contributed by atoms with E-state index in [0.717, 1.165) is 34.6 Å². The summed E-state index contributed by atoms with van der Waals surface area (Å²) in [5, 5.41) is 7.92. The van der Waals surface area contributed by atoms with Gasteiger partial charge in [-0.15, -0.1) is 0 Å². The molecule has 0 bridgehead atoms. The van der Waals surface area contributed by atoms with Gasteiger partial charge in [-0.1, -0.05) is 30.3 Å².